The van der Waals surface area contributed by atoms with Crippen molar-refractivity contribution in [2.24, 2.45) is 5.41 Å². The number of nitrogens with zero attached hydrogens (tertiary/aromatic N) is 2. The molecule has 1 aliphatic carbocycles. The number of benzene rings is 1. The van der Waals surface area contributed by atoms with Crippen molar-refractivity contribution in [1.82, 2.24) is 15.2 Å². The van der Waals surface area contributed by atoms with Gasteiger partial charge in [-0.2, -0.15) is 0 Å². The second-order valence-electron chi connectivity index (χ2n) is 8.67. The first-order chi connectivity index (χ1) is 13.2. The van der Waals surface area contributed by atoms with Gasteiger partial charge in [-0.25, -0.2) is 0 Å². The van der Waals surface area contributed by atoms with Crippen LogP contribution in [0.3, 0.4) is 0 Å². The monoisotopic (exact) mass is 381 g/mol. The van der Waals surface area contributed by atoms with Crippen LogP contribution in [0, 0.1) is 5.41 Å². The topological polar surface area (TPSA) is 45.2 Å². The molecule has 5 rings (SSSR count). The molecule has 2 aliphatic heterocycles. The average Bonchev–Trinajstić information content (AvgIpc) is 3.26. The minimum Gasteiger partial charge on any atom is -0.330 e. The minimum atomic E-state index is 0.189. The summed E-state index contributed by atoms with van der Waals surface area (Å²) in [5.74, 6) is 0.193. The van der Waals surface area contributed by atoms with E-state index in [2.05, 4.69) is 52.5 Å². The fourth-order valence-corrected chi connectivity index (χ4v) is 6.44. The Labute approximate surface area is 165 Å². The Morgan fingerprint density at radius 3 is 2.89 bits per heavy atom. The van der Waals surface area contributed by atoms with Crippen LogP contribution in [0.5, 0.6) is 0 Å². The number of fused-ring (bicyclic) bond motifs is 1. The summed E-state index contributed by atoms with van der Waals surface area (Å²) in [4.78, 5) is 20.7. The number of likely N-dealkylation sites (tertiary alicyclic amines) is 1. The first kappa shape index (κ1) is 17.4. The van der Waals surface area contributed by atoms with Gasteiger partial charge in [-0.05, 0) is 31.2 Å². The number of carbonyl (C=O) groups excluding carboxylic acids is 1. The standard InChI is InChI=1S/C22H27N3OS/c1-22-12-17-16(11-15-7-3-2-4-8-15)24-19(22)9-5-6-10-20(22)25(17)21(26)18-13-23-14-27-18/h2-4,7-8,13-14,16-17,19-20,24H,5-6,9-12H2,1H3/t16-,17-,19+,20-,22+/m0/s1. The van der Waals surface area contributed by atoms with Crippen molar-refractivity contribution < 1.29 is 4.79 Å². The lowest BCUT2D eigenvalue weighted by Gasteiger charge is -2.43. The van der Waals surface area contributed by atoms with Gasteiger partial charge in [-0.3, -0.25) is 9.78 Å². The van der Waals surface area contributed by atoms with Gasteiger partial charge in [0.2, 0.25) is 0 Å². The summed E-state index contributed by atoms with van der Waals surface area (Å²) in [6.07, 6.45) is 8.69. The van der Waals surface area contributed by atoms with E-state index < -0.39 is 0 Å². The third kappa shape index (κ3) is 2.83. The molecule has 2 saturated heterocycles. The number of amides is 1. The zero-order valence-electron chi connectivity index (χ0n) is 15.8. The van der Waals surface area contributed by atoms with Crippen LogP contribution < -0.4 is 5.32 Å². The highest BCUT2D eigenvalue weighted by molar-refractivity contribution is 7.11. The Morgan fingerprint density at radius 2 is 2.11 bits per heavy atom. The third-order valence-electron chi connectivity index (χ3n) is 7.18. The molecule has 0 radical (unpaired) electrons. The second-order valence-corrected chi connectivity index (χ2v) is 9.56. The van der Waals surface area contributed by atoms with E-state index in [1.807, 2.05) is 0 Å². The Hall–Kier alpha value is -1.72. The van der Waals surface area contributed by atoms with E-state index in [9.17, 15) is 4.79 Å². The molecule has 0 spiro atoms. The summed E-state index contributed by atoms with van der Waals surface area (Å²) in [5.41, 5.74) is 3.31. The number of carbonyl (C=O) groups is 1. The molecule has 3 heterocycles. The number of nitrogens with one attached hydrogen (secondary N) is 1. The van der Waals surface area contributed by atoms with Gasteiger partial charge in [0.15, 0.2) is 0 Å². The molecule has 2 aromatic rings. The summed E-state index contributed by atoms with van der Waals surface area (Å²) >= 11 is 1.47. The van der Waals surface area contributed by atoms with Crippen molar-refractivity contribution in [2.45, 2.75) is 69.6 Å². The molecule has 0 unspecified atom stereocenters. The van der Waals surface area contributed by atoms with Gasteiger partial charge in [0.05, 0.1) is 11.7 Å². The van der Waals surface area contributed by atoms with Gasteiger partial charge in [0, 0.05) is 29.6 Å². The van der Waals surface area contributed by atoms with Gasteiger partial charge in [-0.15, -0.1) is 11.3 Å². The van der Waals surface area contributed by atoms with Crippen LogP contribution in [0.1, 0.15) is 54.3 Å². The molecule has 5 heteroatoms. The SMILES string of the molecule is C[C@@]12C[C@H]3[C@H](Cc4ccccc4)N[C@@H]1CCCC[C@@H]2N3C(=O)c1cncs1. The van der Waals surface area contributed by atoms with Crippen LogP contribution in [-0.2, 0) is 6.42 Å². The van der Waals surface area contributed by atoms with Gasteiger partial charge >= 0.3 is 0 Å². The Bertz CT molecular complexity index is 808. The van der Waals surface area contributed by atoms with Crippen LogP contribution >= 0.6 is 11.3 Å². The maximum absolute atomic E-state index is 13.5. The predicted molar refractivity (Wildman–Crippen MR) is 108 cm³/mol. The number of piperidine rings is 1. The maximum Gasteiger partial charge on any atom is 0.266 e. The van der Waals surface area contributed by atoms with Crippen molar-refractivity contribution in [2.75, 3.05) is 0 Å². The van der Waals surface area contributed by atoms with E-state index in [-0.39, 0.29) is 17.4 Å². The molecule has 1 aromatic heterocycles. The zero-order valence-corrected chi connectivity index (χ0v) is 16.6. The van der Waals surface area contributed by atoms with E-state index in [4.69, 9.17) is 0 Å². The molecule has 1 saturated carbocycles. The highest BCUT2D eigenvalue weighted by Crippen LogP contribution is 2.52. The molecule has 4 nitrogen and oxygen atoms in total. The maximum atomic E-state index is 13.5. The summed E-state index contributed by atoms with van der Waals surface area (Å²) in [5, 5.41) is 4.00. The molecule has 3 fully saturated rings. The first-order valence-corrected chi connectivity index (χ1v) is 11.1. The lowest BCUT2D eigenvalue weighted by atomic mass is 9.70. The molecule has 142 valence electrons. The molecule has 3 aliphatic rings. The number of hydrogen-bond acceptors (Lipinski definition) is 4. The van der Waals surface area contributed by atoms with Crippen LogP contribution in [-0.4, -0.2) is 40.0 Å². The van der Waals surface area contributed by atoms with Crippen molar-refractivity contribution in [3.8, 4) is 0 Å². The number of aromatic nitrogens is 1. The van der Waals surface area contributed by atoms with Gasteiger partial charge < -0.3 is 10.2 Å². The van der Waals surface area contributed by atoms with E-state index in [1.54, 1.807) is 11.7 Å². The van der Waals surface area contributed by atoms with E-state index >= 15 is 0 Å². The Kier molecular flexibility index (Phi) is 4.32. The quantitative estimate of drug-likeness (QED) is 0.877. The molecule has 1 amide bonds. The number of rotatable bonds is 3. The molecule has 1 aromatic carbocycles. The van der Waals surface area contributed by atoms with E-state index in [1.165, 1.54) is 36.2 Å². The molecular formula is C22H27N3OS. The highest BCUT2D eigenvalue weighted by atomic mass is 32.1. The predicted octanol–water partition coefficient (Wildman–Crippen LogP) is 3.89. The van der Waals surface area contributed by atoms with Crippen LogP contribution in [0.4, 0.5) is 0 Å². The smallest absolute Gasteiger partial charge is 0.266 e. The molecule has 1 N–H and O–H groups in total. The van der Waals surface area contributed by atoms with E-state index in [0.717, 1.165) is 24.1 Å². The van der Waals surface area contributed by atoms with E-state index in [0.29, 0.717) is 18.1 Å². The van der Waals surface area contributed by atoms with Gasteiger partial charge in [0.25, 0.3) is 5.91 Å². The largest absolute Gasteiger partial charge is 0.330 e. The molecule has 2 bridgehead atoms. The summed E-state index contributed by atoms with van der Waals surface area (Å²) in [7, 11) is 0. The number of thiazole rings is 1. The molecule has 27 heavy (non-hydrogen) atoms. The second kappa shape index (κ2) is 6.71. The first-order valence-electron chi connectivity index (χ1n) is 10.2. The highest BCUT2D eigenvalue weighted by Gasteiger charge is 2.60. The van der Waals surface area contributed by atoms with Crippen molar-refractivity contribution >= 4 is 17.2 Å². The van der Waals surface area contributed by atoms with Crippen molar-refractivity contribution in [3.05, 3.63) is 52.5 Å². The lowest BCUT2D eigenvalue weighted by molar-refractivity contribution is 0.0617. The van der Waals surface area contributed by atoms with Crippen molar-refractivity contribution in [3.63, 3.8) is 0 Å². The van der Waals surface area contributed by atoms with Crippen LogP contribution in [0.2, 0.25) is 0 Å². The molecular weight excluding hydrogens is 354 g/mol. The van der Waals surface area contributed by atoms with Crippen LogP contribution in [0.15, 0.2) is 42.0 Å². The van der Waals surface area contributed by atoms with Gasteiger partial charge in [-0.1, -0.05) is 50.1 Å². The van der Waals surface area contributed by atoms with Crippen molar-refractivity contribution in [1.29, 1.82) is 0 Å². The zero-order chi connectivity index (χ0) is 18.4. The third-order valence-corrected chi connectivity index (χ3v) is 7.94. The lowest BCUT2D eigenvalue weighted by Crippen LogP contribution is -2.57. The average molecular weight is 382 g/mol. The summed E-state index contributed by atoms with van der Waals surface area (Å²) in [6, 6.07) is 12.2. The fraction of sp³-hybridized carbons (Fsp3) is 0.545. The Balaban J connectivity index is 1.52. The number of hydrogen-bond donors (Lipinski definition) is 1. The minimum absolute atomic E-state index is 0.189. The Morgan fingerprint density at radius 1 is 1.30 bits per heavy atom. The fourth-order valence-electron chi connectivity index (χ4n) is 5.88. The molecule has 5 atom stereocenters. The normalized spacial score (nSPS) is 35.1. The van der Waals surface area contributed by atoms with Gasteiger partial charge in [0.1, 0.15) is 4.88 Å². The summed E-state index contributed by atoms with van der Waals surface area (Å²) < 4.78 is 0. The summed E-state index contributed by atoms with van der Waals surface area (Å²) in [6.45, 7) is 2.42. The van der Waals surface area contributed by atoms with Crippen LogP contribution in [0.25, 0.3) is 0 Å².